The maximum atomic E-state index is 5.70. The van der Waals surface area contributed by atoms with E-state index in [1.807, 2.05) is 0 Å². The van der Waals surface area contributed by atoms with E-state index in [9.17, 15) is 0 Å². The lowest BCUT2D eigenvalue weighted by Crippen LogP contribution is -2.27. The highest BCUT2D eigenvalue weighted by Gasteiger charge is 2.12. The van der Waals surface area contributed by atoms with Gasteiger partial charge in [-0.05, 0) is 26.1 Å². The topological polar surface area (TPSA) is 46.2 Å². The fourth-order valence-electron chi connectivity index (χ4n) is 2.33. The highest BCUT2D eigenvalue weighted by molar-refractivity contribution is 6.69. The van der Waals surface area contributed by atoms with Crippen LogP contribution in [0.5, 0.6) is 0 Å². The van der Waals surface area contributed by atoms with Gasteiger partial charge in [-0.1, -0.05) is 45.4 Å². The van der Waals surface area contributed by atoms with Gasteiger partial charge in [0.15, 0.2) is 8.32 Å². The summed E-state index contributed by atoms with van der Waals surface area (Å²) in [5.74, 6) is 0. The minimum absolute atomic E-state index is 0.602. The fraction of sp³-hybridized carbons (Fsp3) is 1.00. The van der Waals surface area contributed by atoms with Crippen molar-refractivity contribution >= 4 is 8.32 Å². The molecule has 0 atom stereocenters. The molecule has 0 aliphatic carbocycles. The summed E-state index contributed by atoms with van der Waals surface area (Å²) in [6, 6.07) is 0. The third-order valence-corrected chi connectivity index (χ3v) is 4.84. The van der Waals surface area contributed by atoms with Gasteiger partial charge in [0.25, 0.3) is 0 Å². The molecule has 5 nitrogen and oxygen atoms in total. The molecule has 0 spiro atoms. The molecule has 6 heteroatoms. The third kappa shape index (κ3) is 24.0. The molecule has 0 aromatic rings. The maximum absolute atomic E-state index is 5.70. The van der Waals surface area contributed by atoms with Crippen LogP contribution < -0.4 is 0 Å². The van der Waals surface area contributed by atoms with Crippen molar-refractivity contribution in [3.63, 3.8) is 0 Å². The van der Waals surface area contributed by atoms with E-state index >= 15 is 0 Å². The Hall–Kier alpha value is 0.0169. The number of hydrogen-bond acceptors (Lipinski definition) is 5. The van der Waals surface area contributed by atoms with Crippen molar-refractivity contribution in [3.05, 3.63) is 0 Å². The summed E-state index contributed by atoms with van der Waals surface area (Å²) < 4.78 is 27.7. The quantitative estimate of drug-likeness (QED) is 0.210. The Morgan fingerprint density at radius 1 is 0.462 bits per heavy atom. The molecule has 0 saturated carbocycles. The molecule has 0 heterocycles. The van der Waals surface area contributed by atoms with Gasteiger partial charge < -0.3 is 23.4 Å². The van der Waals surface area contributed by atoms with E-state index in [0.29, 0.717) is 52.9 Å². The standard InChI is InChI=1S/C20H44O5Si/c1-5-6-7-8-9-10-11-12-21-13-14-22-15-16-23-17-18-24-19-20-25-26(2,3)4/h5-20H2,1-4H3. The Kier molecular flexibility index (Phi) is 19.8. The van der Waals surface area contributed by atoms with Crippen LogP contribution in [0.4, 0.5) is 0 Å². The molecule has 0 rings (SSSR count). The predicted octanol–water partition coefficient (Wildman–Crippen LogP) is 4.65. The molecule has 0 aliphatic rings. The van der Waals surface area contributed by atoms with Crippen LogP contribution in [0.25, 0.3) is 0 Å². The molecule has 0 radical (unpaired) electrons. The fourth-order valence-corrected chi connectivity index (χ4v) is 3.03. The summed E-state index contributed by atoms with van der Waals surface area (Å²) in [6.07, 6.45) is 9.23. The number of rotatable bonds is 21. The Balaban J connectivity index is 3.01. The summed E-state index contributed by atoms with van der Waals surface area (Å²) in [5.41, 5.74) is 0. The van der Waals surface area contributed by atoms with Crippen molar-refractivity contribution in [2.75, 3.05) is 59.5 Å². The SMILES string of the molecule is CCCCCCCCCOCCOCCOCCOCCO[Si](C)(C)C. The lowest BCUT2D eigenvalue weighted by molar-refractivity contribution is -0.00511. The monoisotopic (exact) mass is 392 g/mol. The Bertz CT molecular complexity index is 271. The minimum atomic E-state index is -1.41. The van der Waals surface area contributed by atoms with Gasteiger partial charge in [-0.3, -0.25) is 0 Å². The first-order chi connectivity index (χ1) is 12.6. The Morgan fingerprint density at radius 3 is 1.31 bits per heavy atom. The zero-order valence-corrected chi connectivity index (χ0v) is 18.9. The minimum Gasteiger partial charge on any atom is -0.415 e. The van der Waals surface area contributed by atoms with Gasteiger partial charge in [-0.15, -0.1) is 0 Å². The first kappa shape index (κ1) is 26.0. The molecule has 0 N–H and O–H groups in total. The molecule has 0 saturated heterocycles. The number of unbranched alkanes of at least 4 members (excludes halogenated alkanes) is 6. The van der Waals surface area contributed by atoms with E-state index in [1.54, 1.807) is 0 Å². The van der Waals surface area contributed by atoms with Gasteiger partial charge in [-0.25, -0.2) is 0 Å². The largest absolute Gasteiger partial charge is 0.415 e. The second kappa shape index (κ2) is 19.8. The summed E-state index contributed by atoms with van der Waals surface area (Å²) in [4.78, 5) is 0. The van der Waals surface area contributed by atoms with Crippen molar-refractivity contribution in [1.29, 1.82) is 0 Å². The Labute approximate surface area is 163 Å². The van der Waals surface area contributed by atoms with Crippen LogP contribution in [-0.4, -0.2) is 67.8 Å². The normalized spacial score (nSPS) is 12.0. The van der Waals surface area contributed by atoms with Crippen molar-refractivity contribution in [2.45, 2.75) is 71.5 Å². The van der Waals surface area contributed by atoms with Crippen LogP contribution in [0.1, 0.15) is 51.9 Å². The van der Waals surface area contributed by atoms with Gasteiger partial charge in [0.05, 0.1) is 52.9 Å². The van der Waals surface area contributed by atoms with E-state index in [0.717, 1.165) is 13.0 Å². The van der Waals surface area contributed by atoms with E-state index in [1.165, 1.54) is 38.5 Å². The van der Waals surface area contributed by atoms with Crippen LogP contribution in [-0.2, 0) is 23.4 Å². The van der Waals surface area contributed by atoms with Crippen LogP contribution in [0.3, 0.4) is 0 Å². The van der Waals surface area contributed by atoms with Crippen LogP contribution in [0.15, 0.2) is 0 Å². The van der Waals surface area contributed by atoms with E-state index in [-0.39, 0.29) is 0 Å². The van der Waals surface area contributed by atoms with Crippen LogP contribution >= 0.6 is 0 Å². The number of hydrogen-bond donors (Lipinski definition) is 0. The average Bonchev–Trinajstić information content (AvgIpc) is 2.59. The maximum Gasteiger partial charge on any atom is 0.183 e. The second-order valence-electron chi connectivity index (χ2n) is 7.53. The summed E-state index contributed by atoms with van der Waals surface area (Å²) in [7, 11) is -1.41. The van der Waals surface area contributed by atoms with E-state index < -0.39 is 8.32 Å². The van der Waals surface area contributed by atoms with Crippen LogP contribution in [0, 0.1) is 0 Å². The van der Waals surface area contributed by atoms with Gasteiger partial charge in [-0.2, -0.15) is 0 Å². The molecule has 0 fully saturated rings. The predicted molar refractivity (Wildman–Crippen MR) is 111 cm³/mol. The van der Waals surface area contributed by atoms with Crippen molar-refractivity contribution < 1.29 is 23.4 Å². The first-order valence-corrected chi connectivity index (χ1v) is 13.9. The molecule has 0 aromatic heterocycles. The summed E-state index contributed by atoms with van der Waals surface area (Å²) >= 11 is 0. The van der Waals surface area contributed by atoms with Gasteiger partial charge in [0.1, 0.15) is 0 Å². The molecule has 0 aliphatic heterocycles. The zero-order valence-electron chi connectivity index (χ0n) is 17.9. The van der Waals surface area contributed by atoms with Gasteiger partial charge in [0.2, 0.25) is 0 Å². The molecule has 0 aromatic carbocycles. The van der Waals surface area contributed by atoms with Crippen LogP contribution in [0.2, 0.25) is 19.6 Å². The van der Waals surface area contributed by atoms with Crippen molar-refractivity contribution in [1.82, 2.24) is 0 Å². The molecule has 0 unspecified atom stereocenters. The average molecular weight is 393 g/mol. The molecular formula is C20H44O5Si. The Morgan fingerprint density at radius 2 is 0.846 bits per heavy atom. The summed E-state index contributed by atoms with van der Waals surface area (Å²) in [5, 5.41) is 0. The molecular weight excluding hydrogens is 348 g/mol. The third-order valence-electron chi connectivity index (χ3n) is 3.77. The highest BCUT2D eigenvalue weighted by atomic mass is 28.4. The lowest BCUT2D eigenvalue weighted by atomic mass is 10.1. The lowest BCUT2D eigenvalue weighted by Gasteiger charge is -2.16. The van der Waals surface area contributed by atoms with Gasteiger partial charge in [0, 0.05) is 6.61 Å². The van der Waals surface area contributed by atoms with E-state index in [2.05, 4.69) is 26.6 Å². The highest BCUT2D eigenvalue weighted by Crippen LogP contribution is 2.06. The number of ether oxygens (including phenoxy) is 4. The van der Waals surface area contributed by atoms with Crippen molar-refractivity contribution in [3.8, 4) is 0 Å². The smallest absolute Gasteiger partial charge is 0.183 e. The van der Waals surface area contributed by atoms with Crippen molar-refractivity contribution in [2.24, 2.45) is 0 Å². The molecule has 158 valence electrons. The van der Waals surface area contributed by atoms with Gasteiger partial charge >= 0.3 is 0 Å². The molecule has 0 bridgehead atoms. The van der Waals surface area contributed by atoms with E-state index in [4.69, 9.17) is 23.4 Å². The first-order valence-electron chi connectivity index (χ1n) is 10.5. The molecule has 0 amide bonds. The second-order valence-corrected chi connectivity index (χ2v) is 12.0. The summed E-state index contributed by atoms with van der Waals surface area (Å²) in [6.45, 7) is 14.7. The molecule has 26 heavy (non-hydrogen) atoms. The zero-order chi connectivity index (χ0) is 19.3.